The van der Waals surface area contributed by atoms with Gasteiger partial charge in [-0.3, -0.25) is 4.79 Å². The third kappa shape index (κ3) is 4.01. The fourth-order valence-corrected chi connectivity index (χ4v) is 4.73. The first kappa shape index (κ1) is 19.9. The lowest BCUT2D eigenvalue weighted by Crippen LogP contribution is -2.15. The second-order valence-corrected chi connectivity index (χ2v) is 9.50. The van der Waals surface area contributed by atoms with Crippen LogP contribution in [0.5, 0.6) is 11.5 Å². The van der Waals surface area contributed by atoms with E-state index in [1.807, 2.05) is 6.07 Å². The van der Waals surface area contributed by atoms with E-state index in [4.69, 9.17) is 15.9 Å². The Hall–Kier alpha value is -3.35. The largest absolute Gasteiger partial charge is 0.454 e. The summed E-state index contributed by atoms with van der Waals surface area (Å²) in [6.45, 7) is 0.384. The van der Waals surface area contributed by atoms with E-state index < -0.39 is 15.7 Å². The summed E-state index contributed by atoms with van der Waals surface area (Å²) in [6.07, 6.45) is 9.59. The Morgan fingerprint density at radius 3 is 2.83 bits per heavy atom. The lowest BCUT2D eigenvalue weighted by Gasteiger charge is -2.01. The van der Waals surface area contributed by atoms with Crippen molar-refractivity contribution < 1.29 is 22.7 Å². The number of amides is 1. The molecule has 1 aliphatic rings. The minimum absolute atomic E-state index is 0.179. The van der Waals surface area contributed by atoms with Crippen molar-refractivity contribution in [2.45, 2.75) is 11.4 Å². The zero-order valence-corrected chi connectivity index (χ0v) is 17.5. The van der Waals surface area contributed by atoms with E-state index in [0.29, 0.717) is 21.0 Å². The Bertz CT molecular complexity index is 1410. The van der Waals surface area contributed by atoms with Crippen LogP contribution in [0.15, 0.2) is 52.4 Å². The molecule has 9 heteroatoms. The van der Waals surface area contributed by atoms with E-state index in [2.05, 4.69) is 10.9 Å². The van der Waals surface area contributed by atoms with Crippen molar-refractivity contribution in [1.29, 1.82) is 0 Å². The topological polar surface area (TPSA) is 87.0 Å². The highest BCUT2D eigenvalue weighted by molar-refractivity contribution is 7.90. The molecule has 3 aromatic rings. The first-order chi connectivity index (χ1) is 14.3. The molecule has 2 heterocycles. The van der Waals surface area contributed by atoms with Crippen molar-refractivity contribution in [2.24, 2.45) is 4.99 Å². The molecule has 0 unspecified atom stereocenters. The fourth-order valence-electron chi connectivity index (χ4n) is 2.93. The van der Waals surface area contributed by atoms with Crippen molar-refractivity contribution >= 4 is 43.4 Å². The molecule has 0 saturated carbocycles. The molecule has 30 heavy (non-hydrogen) atoms. The number of thiazole rings is 1. The first-order valence-corrected chi connectivity index (χ1v) is 11.5. The van der Waals surface area contributed by atoms with Gasteiger partial charge in [0.2, 0.25) is 6.79 Å². The molecule has 1 amide bonds. The molecule has 1 aliphatic heterocycles. The number of benzene rings is 2. The molecule has 0 spiro atoms. The minimum atomic E-state index is -3.35. The summed E-state index contributed by atoms with van der Waals surface area (Å²) < 4.78 is 36.6. The number of ether oxygens (including phenoxy) is 2. The van der Waals surface area contributed by atoms with Crippen molar-refractivity contribution in [3.05, 3.63) is 52.8 Å². The maximum Gasteiger partial charge on any atom is 0.272 e. The number of aromatic nitrogens is 1. The standard InChI is InChI=1S/C21H16N2O5S2/c1-3-10-23-16-7-6-15(30(2,25)26)12-19(16)29-21(23)22-20(24)9-5-14-4-8-17-18(11-14)28-13-27-17/h1,4-9,11-12H,10,13H2,2H3/b9-5-,22-21?. The Morgan fingerprint density at radius 2 is 2.07 bits per heavy atom. The zero-order chi connectivity index (χ0) is 21.3. The average Bonchev–Trinajstić information content (AvgIpc) is 3.30. The summed E-state index contributed by atoms with van der Waals surface area (Å²) in [5.41, 5.74) is 1.49. The van der Waals surface area contributed by atoms with Crippen LogP contribution in [0.25, 0.3) is 16.3 Å². The smallest absolute Gasteiger partial charge is 0.272 e. The molecule has 0 aliphatic carbocycles. The second-order valence-electron chi connectivity index (χ2n) is 6.47. The third-order valence-corrected chi connectivity index (χ3v) is 6.50. The number of rotatable bonds is 4. The van der Waals surface area contributed by atoms with Gasteiger partial charge in [0, 0.05) is 12.3 Å². The molecule has 0 saturated heterocycles. The van der Waals surface area contributed by atoms with E-state index >= 15 is 0 Å². The molecule has 0 fully saturated rings. The Balaban J connectivity index is 1.69. The van der Waals surface area contributed by atoms with Gasteiger partial charge in [-0.2, -0.15) is 4.99 Å². The molecule has 152 valence electrons. The average molecular weight is 441 g/mol. The number of nitrogens with zero attached hydrogens (tertiary/aromatic N) is 2. The molecule has 2 aromatic carbocycles. The van der Waals surface area contributed by atoms with Crippen molar-refractivity contribution in [3.63, 3.8) is 0 Å². The van der Waals surface area contributed by atoms with Crippen LogP contribution in [-0.4, -0.2) is 31.9 Å². The van der Waals surface area contributed by atoms with Crippen LogP contribution in [0, 0.1) is 12.3 Å². The van der Waals surface area contributed by atoms with E-state index in [1.165, 1.54) is 23.5 Å². The van der Waals surface area contributed by atoms with Crippen LogP contribution in [0.4, 0.5) is 0 Å². The van der Waals surface area contributed by atoms with Gasteiger partial charge in [0.25, 0.3) is 5.91 Å². The highest BCUT2D eigenvalue weighted by atomic mass is 32.2. The van der Waals surface area contributed by atoms with Gasteiger partial charge >= 0.3 is 0 Å². The number of hydrogen-bond donors (Lipinski definition) is 0. The van der Waals surface area contributed by atoms with E-state index in [1.54, 1.807) is 34.9 Å². The maximum atomic E-state index is 12.4. The Labute approximate surface area is 176 Å². The first-order valence-electron chi connectivity index (χ1n) is 8.78. The predicted octanol–water partition coefficient (Wildman–Crippen LogP) is 2.61. The van der Waals surface area contributed by atoms with Crippen LogP contribution < -0.4 is 14.3 Å². The fraction of sp³-hybridized carbons (Fsp3) is 0.143. The molecule has 0 radical (unpaired) electrons. The van der Waals surface area contributed by atoms with Gasteiger partial charge in [-0.25, -0.2) is 8.42 Å². The number of hydrogen-bond acceptors (Lipinski definition) is 6. The summed E-state index contributed by atoms with van der Waals surface area (Å²) in [6, 6.07) is 10.1. The van der Waals surface area contributed by atoms with Gasteiger partial charge in [0.1, 0.15) is 0 Å². The van der Waals surface area contributed by atoms with Gasteiger partial charge in [0.15, 0.2) is 26.1 Å². The number of sulfone groups is 1. The lowest BCUT2D eigenvalue weighted by atomic mass is 10.2. The van der Waals surface area contributed by atoms with Crippen LogP contribution in [0.2, 0.25) is 0 Å². The van der Waals surface area contributed by atoms with E-state index in [0.717, 1.165) is 17.3 Å². The summed E-state index contributed by atoms with van der Waals surface area (Å²) in [5, 5.41) is 0. The molecule has 7 nitrogen and oxygen atoms in total. The van der Waals surface area contributed by atoms with Gasteiger partial charge in [0.05, 0.1) is 21.7 Å². The number of fused-ring (bicyclic) bond motifs is 2. The lowest BCUT2D eigenvalue weighted by molar-refractivity contribution is -0.113. The summed E-state index contributed by atoms with van der Waals surface area (Å²) in [7, 11) is -3.35. The van der Waals surface area contributed by atoms with Gasteiger partial charge in [-0.15, -0.1) is 6.42 Å². The molecule has 4 rings (SSSR count). The molecule has 0 atom stereocenters. The van der Waals surface area contributed by atoms with Crippen LogP contribution in [-0.2, 0) is 21.2 Å². The quantitative estimate of drug-likeness (QED) is 0.460. The van der Waals surface area contributed by atoms with Crippen molar-refractivity contribution in [1.82, 2.24) is 4.57 Å². The molecule has 0 bridgehead atoms. The van der Waals surface area contributed by atoms with Gasteiger partial charge in [-0.1, -0.05) is 23.3 Å². The van der Waals surface area contributed by atoms with Crippen molar-refractivity contribution in [2.75, 3.05) is 13.0 Å². The molecule has 1 aromatic heterocycles. The zero-order valence-electron chi connectivity index (χ0n) is 15.9. The minimum Gasteiger partial charge on any atom is -0.454 e. The van der Waals surface area contributed by atoms with Crippen LogP contribution in [0.3, 0.4) is 0 Å². The summed E-state index contributed by atoms with van der Waals surface area (Å²) in [5.74, 6) is 3.36. The highest BCUT2D eigenvalue weighted by Crippen LogP contribution is 2.32. The number of terminal acetylenes is 1. The maximum absolute atomic E-state index is 12.4. The summed E-state index contributed by atoms with van der Waals surface area (Å²) >= 11 is 1.21. The van der Waals surface area contributed by atoms with E-state index in [9.17, 15) is 13.2 Å². The third-order valence-electron chi connectivity index (χ3n) is 4.35. The summed E-state index contributed by atoms with van der Waals surface area (Å²) in [4.78, 5) is 17.2. The van der Waals surface area contributed by atoms with Crippen LogP contribution in [0.1, 0.15) is 5.56 Å². The molecular formula is C21H16N2O5S2. The van der Waals surface area contributed by atoms with E-state index in [-0.39, 0.29) is 18.2 Å². The molecular weight excluding hydrogens is 424 g/mol. The predicted molar refractivity (Wildman–Crippen MR) is 114 cm³/mol. The van der Waals surface area contributed by atoms with Gasteiger partial charge < -0.3 is 14.0 Å². The van der Waals surface area contributed by atoms with Crippen LogP contribution >= 0.6 is 11.3 Å². The number of carbonyl (C=O) groups is 1. The normalized spacial score (nSPS) is 13.8. The second kappa shape index (κ2) is 7.82. The van der Waals surface area contributed by atoms with Gasteiger partial charge in [-0.05, 0) is 42.0 Å². The SMILES string of the molecule is C#CCn1c(=NC(=O)/C=C\c2ccc3c(c2)OCO3)sc2cc(S(C)(=O)=O)ccc21. The van der Waals surface area contributed by atoms with Crippen molar-refractivity contribution in [3.8, 4) is 23.8 Å². The number of carbonyl (C=O) groups excluding carboxylic acids is 1. The monoisotopic (exact) mass is 440 g/mol. The Morgan fingerprint density at radius 1 is 1.27 bits per heavy atom. The Kier molecular flexibility index (Phi) is 5.20. The molecule has 0 N–H and O–H groups in total. The highest BCUT2D eigenvalue weighted by Gasteiger charge is 2.13.